The van der Waals surface area contributed by atoms with Crippen molar-refractivity contribution in [1.82, 2.24) is 9.55 Å². The van der Waals surface area contributed by atoms with Crippen LogP contribution >= 0.6 is 0 Å². The standard InChI is InChI=1S/C20H16N4/c1-14-19(11-21)20(17-6-8-18(22-3)9-7-17)15(2)24(14)13-16-5-4-10-23-12-16/h4-10,12H,13H2,1-2H3. The van der Waals surface area contributed by atoms with E-state index < -0.39 is 0 Å². The van der Waals surface area contributed by atoms with Crippen molar-refractivity contribution in [3.05, 3.63) is 82.7 Å². The second-order valence-electron chi connectivity index (χ2n) is 5.64. The Hall–Kier alpha value is -3.37. The summed E-state index contributed by atoms with van der Waals surface area (Å²) in [6, 6.07) is 13.7. The predicted molar refractivity (Wildman–Crippen MR) is 93.7 cm³/mol. The molecule has 3 rings (SSSR count). The summed E-state index contributed by atoms with van der Waals surface area (Å²) < 4.78 is 2.15. The number of rotatable bonds is 3. The van der Waals surface area contributed by atoms with Crippen molar-refractivity contribution in [3.8, 4) is 17.2 Å². The molecule has 0 aliphatic heterocycles. The lowest BCUT2D eigenvalue weighted by Crippen LogP contribution is -2.04. The lowest BCUT2D eigenvalue weighted by molar-refractivity contribution is 0.746. The predicted octanol–water partition coefficient (Wildman–Crippen LogP) is 4.64. The molecular formula is C20H16N4. The molecule has 0 saturated carbocycles. The zero-order chi connectivity index (χ0) is 17.1. The van der Waals surface area contributed by atoms with Crippen LogP contribution in [0, 0.1) is 31.8 Å². The van der Waals surface area contributed by atoms with Gasteiger partial charge >= 0.3 is 0 Å². The van der Waals surface area contributed by atoms with Crippen LogP contribution in [0.1, 0.15) is 22.5 Å². The summed E-state index contributed by atoms with van der Waals surface area (Å²) in [5, 5.41) is 9.64. The Morgan fingerprint density at radius 1 is 1.17 bits per heavy atom. The fourth-order valence-corrected chi connectivity index (χ4v) is 2.99. The van der Waals surface area contributed by atoms with Gasteiger partial charge in [0, 0.05) is 35.9 Å². The molecule has 1 aromatic carbocycles. The van der Waals surface area contributed by atoms with E-state index in [0.29, 0.717) is 17.8 Å². The molecule has 4 heteroatoms. The zero-order valence-corrected chi connectivity index (χ0v) is 13.6. The van der Waals surface area contributed by atoms with Crippen LogP contribution in [0.25, 0.3) is 16.0 Å². The molecule has 0 aliphatic rings. The maximum Gasteiger partial charge on any atom is 0.187 e. The van der Waals surface area contributed by atoms with E-state index in [0.717, 1.165) is 28.1 Å². The van der Waals surface area contributed by atoms with Gasteiger partial charge in [0.15, 0.2) is 5.69 Å². The monoisotopic (exact) mass is 312 g/mol. The third kappa shape index (κ3) is 2.66. The highest BCUT2D eigenvalue weighted by molar-refractivity contribution is 5.76. The fourth-order valence-electron chi connectivity index (χ4n) is 2.99. The van der Waals surface area contributed by atoms with Crippen LogP contribution in [0.2, 0.25) is 0 Å². The van der Waals surface area contributed by atoms with Crippen LogP contribution in [0.3, 0.4) is 0 Å². The van der Waals surface area contributed by atoms with Crippen LogP contribution in [-0.2, 0) is 6.54 Å². The molecular weight excluding hydrogens is 296 g/mol. The molecule has 2 heterocycles. The van der Waals surface area contributed by atoms with Gasteiger partial charge in [-0.2, -0.15) is 5.26 Å². The first-order chi connectivity index (χ1) is 11.7. The number of pyridine rings is 1. The quantitative estimate of drug-likeness (QED) is 0.661. The highest BCUT2D eigenvalue weighted by Gasteiger charge is 2.19. The van der Waals surface area contributed by atoms with Crippen LogP contribution in [0.15, 0.2) is 48.8 Å². The summed E-state index contributed by atoms with van der Waals surface area (Å²) >= 11 is 0. The van der Waals surface area contributed by atoms with E-state index in [1.165, 1.54) is 0 Å². The lowest BCUT2D eigenvalue weighted by atomic mass is 10.0. The van der Waals surface area contributed by atoms with Crippen molar-refractivity contribution in [1.29, 1.82) is 5.26 Å². The minimum absolute atomic E-state index is 0.599. The van der Waals surface area contributed by atoms with Gasteiger partial charge in [0.05, 0.1) is 12.1 Å². The summed E-state index contributed by atoms with van der Waals surface area (Å²) in [6.07, 6.45) is 3.60. The molecule has 0 saturated heterocycles. The third-order valence-electron chi connectivity index (χ3n) is 4.24. The van der Waals surface area contributed by atoms with Crippen LogP contribution in [0.5, 0.6) is 0 Å². The van der Waals surface area contributed by atoms with E-state index in [1.807, 2.05) is 44.3 Å². The van der Waals surface area contributed by atoms with Gasteiger partial charge in [-0.25, -0.2) is 4.85 Å². The summed E-state index contributed by atoms with van der Waals surface area (Å²) in [7, 11) is 0. The van der Waals surface area contributed by atoms with Crippen molar-refractivity contribution in [2.45, 2.75) is 20.4 Å². The Balaban J connectivity index is 2.12. The summed E-state index contributed by atoms with van der Waals surface area (Å²) in [6.45, 7) is 11.7. The number of aromatic nitrogens is 2. The Morgan fingerprint density at radius 2 is 1.92 bits per heavy atom. The Labute approximate surface area is 141 Å². The van der Waals surface area contributed by atoms with E-state index in [2.05, 4.69) is 20.5 Å². The molecule has 0 atom stereocenters. The Morgan fingerprint density at radius 3 is 2.50 bits per heavy atom. The summed E-state index contributed by atoms with van der Waals surface area (Å²) in [4.78, 5) is 7.58. The lowest BCUT2D eigenvalue weighted by Gasteiger charge is -2.09. The molecule has 0 unspecified atom stereocenters. The van der Waals surface area contributed by atoms with Gasteiger partial charge in [-0.05, 0) is 31.0 Å². The number of hydrogen-bond acceptors (Lipinski definition) is 2. The fraction of sp³-hybridized carbons (Fsp3) is 0.150. The van der Waals surface area contributed by atoms with Crippen molar-refractivity contribution < 1.29 is 0 Å². The first-order valence-corrected chi connectivity index (χ1v) is 7.62. The van der Waals surface area contributed by atoms with E-state index in [4.69, 9.17) is 6.57 Å². The van der Waals surface area contributed by atoms with Gasteiger partial charge in [0.2, 0.25) is 0 Å². The van der Waals surface area contributed by atoms with Gasteiger partial charge in [0.25, 0.3) is 0 Å². The van der Waals surface area contributed by atoms with Gasteiger partial charge in [0.1, 0.15) is 6.07 Å². The highest BCUT2D eigenvalue weighted by atomic mass is 15.0. The average Bonchev–Trinajstić information content (AvgIpc) is 2.86. The zero-order valence-electron chi connectivity index (χ0n) is 13.6. The first kappa shape index (κ1) is 15.5. The molecule has 0 radical (unpaired) electrons. The molecule has 4 nitrogen and oxygen atoms in total. The molecule has 0 amide bonds. The molecule has 3 aromatic rings. The molecule has 0 spiro atoms. The van der Waals surface area contributed by atoms with E-state index in [9.17, 15) is 5.26 Å². The second-order valence-corrected chi connectivity index (χ2v) is 5.64. The summed E-state index contributed by atoms with van der Waals surface area (Å²) in [5.41, 5.74) is 6.28. The molecule has 0 fully saturated rings. The molecule has 24 heavy (non-hydrogen) atoms. The first-order valence-electron chi connectivity index (χ1n) is 7.62. The van der Waals surface area contributed by atoms with Crippen LogP contribution in [-0.4, -0.2) is 9.55 Å². The largest absolute Gasteiger partial charge is 0.343 e. The number of hydrogen-bond donors (Lipinski definition) is 0. The van der Waals surface area contributed by atoms with Crippen LogP contribution in [0.4, 0.5) is 5.69 Å². The minimum atomic E-state index is 0.599. The average molecular weight is 312 g/mol. The maximum atomic E-state index is 9.64. The maximum absolute atomic E-state index is 9.64. The number of nitriles is 1. The molecule has 0 bridgehead atoms. The van der Waals surface area contributed by atoms with Crippen molar-refractivity contribution >= 4 is 5.69 Å². The highest BCUT2D eigenvalue weighted by Crippen LogP contribution is 2.33. The van der Waals surface area contributed by atoms with Gasteiger partial charge in [-0.15, -0.1) is 0 Å². The Kier molecular flexibility index (Phi) is 4.14. The normalized spacial score (nSPS) is 10.2. The van der Waals surface area contributed by atoms with E-state index >= 15 is 0 Å². The van der Waals surface area contributed by atoms with Crippen molar-refractivity contribution in [2.24, 2.45) is 0 Å². The summed E-state index contributed by atoms with van der Waals surface area (Å²) in [5.74, 6) is 0. The molecule has 116 valence electrons. The minimum Gasteiger partial charge on any atom is -0.343 e. The Bertz CT molecular complexity index is 952. The molecule has 2 aromatic heterocycles. The topological polar surface area (TPSA) is 46.0 Å². The number of benzene rings is 1. The van der Waals surface area contributed by atoms with Gasteiger partial charge in [-0.3, -0.25) is 4.98 Å². The van der Waals surface area contributed by atoms with Crippen molar-refractivity contribution in [2.75, 3.05) is 0 Å². The number of nitrogens with zero attached hydrogens (tertiary/aromatic N) is 4. The second kappa shape index (κ2) is 6.40. The van der Waals surface area contributed by atoms with Crippen LogP contribution < -0.4 is 0 Å². The molecule has 0 aliphatic carbocycles. The van der Waals surface area contributed by atoms with Gasteiger partial charge < -0.3 is 4.57 Å². The SMILES string of the molecule is [C-]#[N+]c1ccc(-c2c(C#N)c(C)n(Cc3cccnc3)c2C)cc1. The van der Waals surface area contributed by atoms with Crippen molar-refractivity contribution in [3.63, 3.8) is 0 Å². The van der Waals surface area contributed by atoms with E-state index in [-0.39, 0.29) is 0 Å². The third-order valence-corrected chi connectivity index (χ3v) is 4.24. The smallest absolute Gasteiger partial charge is 0.187 e. The van der Waals surface area contributed by atoms with Gasteiger partial charge in [-0.1, -0.05) is 30.3 Å². The molecule has 0 N–H and O–H groups in total. The van der Waals surface area contributed by atoms with E-state index in [1.54, 1.807) is 18.3 Å².